The van der Waals surface area contributed by atoms with Gasteiger partial charge in [0.2, 0.25) is 0 Å². The quantitative estimate of drug-likeness (QED) is 0.347. The first-order valence-electron chi connectivity index (χ1n) is 11.1. The van der Waals surface area contributed by atoms with Crippen molar-refractivity contribution in [3.8, 4) is 0 Å². The molecule has 1 fully saturated rings. The molecule has 0 unspecified atom stereocenters. The summed E-state index contributed by atoms with van der Waals surface area (Å²) in [5.74, 6) is 1.87. The van der Waals surface area contributed by atoms with Crippen LogP contribution in [0.5, 0.6) is 0 Å². The van der Waals surface area contributed by atoms with E-state index in [4.69, 9.17) is 0 Å². The number of benzene rings is 1. The smallest absolute Gasteiger partial charge is 0.191 e. The van der Waals surface area contributed by atoms with E-state index >= 15 is 0 Å². The summed E-state index contributed by atoms with van der Waals surface area (Å²) >= 11 is 0. The lowest BCUT2D eigenvalue weighted by molar-refractivity contribution is 0.126. The second-order valence-electron chi connectivity index (χ2n) is 7.68. The monoisotopic (exact) mass is 412 g/mol. The highest BCUT2D eigenvalue weighted by atomic mass is 15.3. The van der Waals surface area contributed by atoms with Crippen molar-refractivity contribution in [2.24, 2.45) is 4.99 Å². The molecule has 2 aromatic rings. The minimum absolute atomic E-state index is 0.800. The van der Waals surface area contributed by atoms with E-state index in [2.05, 4.69) is 77.4 Å². The van der Waals surface area contributed by atoms with Crippen LogP contribution in [-0.4, -0.2) is 83.4 Å². The SMILES string of the molecule is CCc1nncn1CCNC(=NC)NCCCN1CCN(Cc2ccccc2)CC1. The second-order valence-corrected chi connectivity index (χ2v) is 7.68. The van der Waals surface area contributed by atoms with E-state index in [1.54, 1.807) is 6.33 Å². The van der Waals surface area contributed by atoms with E-state index in [-0.39, 0.29) is 0 Å². The zero-order valence-corrected chi connectivity index (χ0v) is 18.4. The Kier molecular flexibility index (Phi) is 9.11. The van der Waals surface area contributed by atoms with E-state index in [1.165, 1.54) is 5.56 Å². The molecule has 1 saturated heterocycles. The molecule has 8 nitrogen and oxygen atoms in total. The van der Waals surface area contributed by atoms with Gasteiger partial charge in [-0.15, -0.1) is 10.2 Å². The van der Waals surface area contributed by atoms with Gasteiger partial charge < -0.3 is 20.1 Å². The first-order chi connectivity index (χ1) is 14.8. The number of hydrogen-bond acceptors (Lipinski definition) is 5. The van der Waals surface area contributed by atoms with Crippen LogP contribution in [0.25, 0.3) is 0 Å². The molecule has 1 aromatic carbocycles. The molecular formula is C22H36N8. The van der Waals surface area contributed by atoms with Crippen LogP contribution in [0.2, 0.25) is 0 Å². The van der Waals surface area contributed by atoms with E-state index < -0.39 is 0 Å². The van der Waals surface area contributed by atoms with Gasteiger partial charge in [0.1, 0.15) is 12.2 Å². The summed E-state index contributed by atoms with van der Waals surface area (Å²) in [6, 6.07) is 10.8. The molecule has 0 bridgehead atoms. The van der Waals surface area contributed by atoms with Crippen molar-refractivity contribution in [2.45, 2.75) is 32.9 Å². The maximum Gasteiger partial charge on any atom is 0.191 e. The summed E-state index contributed by atoms with van der Waals surface area (Å²) in [7, 11) is 1.82. The number of aliphatic imine (C=N–C) groups is 1. The van der Waals surface area contributed by atoms with Crippen molar-refractivity contribution in [1.82, 2.24) is 35.2 Å². The van der Waals surface area contributed by atoms with E-state index in [9.17, 15) is 0 Å². The standard InChI is InChI=1S/C22H36N8/c1-3-21-27-26-19-30(21)13-11-25-22(23-2)24-10-7-12-28-14-16-29(17-15-28)18-20-8-5-4-6-9-20/h4-6,8-9,19H,3,7,10-18H2,1-2H3,(H2,23,24,25). The Labute approximate surface area is 180 Å². The number of nitrogens with one attached hydrogen (secondary N) is 2. The number of aryl methyl sites for hydroxylation is 1. The minimum Gasteiger partial charge on any atom is -0.356 e. The third-order valence-electron chi connectivity index (χ3n) is 5.54. The van der Waals surface area contributed by atoms with Gasteiger partial charge in [0.25, 0.3) is 0 Å². The van der Waals surface area contributed by atoms with E-state index in [1.807, 2.05) is 7.05 Å². The summed E-state index contributed by atoms with van der Waals surface area (Å²) in [5.41, 5.74) is 1.41. The van der Waals surface area contributed by atoms with E-state index in [0.29, 0.717) is 0 Å². The van der Waals surface area contributed by atoms with Crippen LogP contribution in [0.4, 0.5) is 0 Å². The maximum atomic E-state index is 4.32. The molecule has 0 amide bonds. The topological polar surface area (TPSA) is 73.6 Å². The van der Waals surface area contributed by atoms with Crippen molar-refractivity contribution >= 4 is 5.96 Å². The van der Waals surface area contributed by atoms with Crippen LogP contribution in [0.3, 0.4) is 0 Å². The van der Waals surface area contributed by atoms with Gasteiger partial charge in [0, 0.05) is 65.8 Å². The van der Waals surface area contributed by atoms with Crippen LogP contribution < -0.4 is 10.6 Å². The largest absolute Gasteiger partial charge is 0.356 e. The summed E-state index contributed by atoms with van der Waals surface area (Å²) in [6.07, 6.45) is 3.80. The van der Waals surface area contributed by atoms with Gasteiger partial charge in [-0.05, 0) is 18.5 Å². The van der Waals surface area contributed by atoms with Crippen molar-refractivity contribution in [2.75, 3.05) is 52.9 Å². The molecule has 3 rings (SSSR count). The molecule has 0 aliphatic carbocycles. The predicted octanol–water partition coefficient (Wildman–Crippen LogP) is 1.21. The molecule has 2 N–H and O–H groups in total. The first-order valence-corrected chi connectivity index (χ1v) is 11.1. The van der Waals surface area contributed by atoms with Gasteiger partial charge in [-0.3, -0.25) is 9.89 Å². The van der Waals surface area contributed by atoms with Crippen LogP contribution >= 0.6 is 0 Å². The third kappa shape index (κ3) is 7.11. The highest BCUT2D eigenvalue weighted by molar-refractivity contribution is 5.79. The molecule has 0 atom stereocenters. The number of rotatable bonds is 10. The second kappa shape index (κ2) is 12.3. The van der Waals surface area contributed by atoms with Crippen LogP contribution in [-0.2, 0) is 19.5 Å². The molecule has 1 aliphatic rings. The highest BCUT2D eigenvalue weighted by Crippen LogP contribution is 2.08. The third-order valence-corrected chi connectivity index (χ3v) is 5.54. The van der Waals surface area contributed by atoms with Crippen molar-refractivity contribution < 1.29 is 0 Å². The summed E-state index contributed by atoms with van der Waals surface area (Å²) < 4.78 is 2.08. The van der Waals surface area contributed by atoms with Gasteiger partial charge in [-0.1, -0.05) is 37.3 Å². The molecule has 0 saturated carbocycles. The maximum absolute atomic E-state index is 4.32. The molecule has 2 heterocycles. The van der Waals surface area contributed by atoms with Crippen molar-refractivity contribution in [3.63, 3.8) is 0 Å². The lowest BCUT2D eigenvalue weighted by Crippen LogP contribution is -2.46. The number of hydrogen-bond donors (Lipinski definition) is 2. The number of nitrogens with zero attached hydrogens (tertiary/aromatic N) is 6. The lowest BCUT2D eigenvalue weighted by Gasteiger charge is -2.34. The molecule has 164 valence electrons. The summed E-state index contributed by atoms with van der Waals surface area (Å²) in [4.78, 5) is 9.44. The lowest BCUT2D eigenvalue weighted by atomic mass is 10.2. The average molecular weight is 413 g/mol. The van der Waals surface area contributed by atoms with Crippen molar-refractivity contribution in [3.05, 3.63) is 48.0 Å². The Hall–Kier alpha value is -2.45. The van der Waals surface area contributed by atoms with Gasteiger partial charge in [0.05, 0.1) is 0 Å². The fraction of sp³-hybridized carbons (Fsp3) is 0.591. The Morgan fingerprint density at radius 1 is 1.00 bits per heavy atom. The predicted molar refractivity (Wildman–Crippen MR) is 122 cm³/mol. The summed E-state index contributed by atoms with van der Waals surface area (Å²) in [5, 5.41) is 14.9. The zero-order chi connectivity index (χ0) is 21.0. The van der Waals surface area contributed by atoms with Crippen LogP contribution in [0, 0.1) is 0 Å². The zero-order valence-electron chi connectivity index (χ0n) is 18.4. The Balaban J connectivity index is 1.25. The first kappa shape index (κ1) is 22.2. The summed E-state index contributed by atoms with van der Waals surface area (Å²) in [6.45, 7) is 11.4. The molecular weight excluding hydrogens is 376 g/mol. The molecule has 30 heavy (non-hydrogen) atoms. The molecule has 8 heteroatoms. The molecule has 0 spiro atoms. The normalized spacial score (nSPS) is 16.0. The minimum atomic E-state index is 0.800. The Morgan fingerprint density at radius 3 is 2.47 bits per heavy atom. The number of piperazine rings is 1. The average Bonchev–Trinajstić information content (AvgIpc) is 3.24. The molecule has 1 aromatic heterocycles. The Morgan fingerprint density at radius 2 is 1.73 bits per heavy atom. The van der Waals surface area contributed by atoms with Gasteiger partial charge in [-0.2, -0.15) is 0 Å². The Bertz CT molecular complexity index is 750. The van der Waals surface area contributed by atoms with Crippen molar-refractivity contribution in [1.29, 1.82) is 0 Å². The van der Waals surface area contributed by atoms with Crippen LogP contribution in [0.1, 0.15) is 24.7 Å². The number of guanidine groups is 1. The molecule has 0 radical (unpaired) electrons. The van der Waals surface area contributed by atoms with Crippen LogP contribution in [0.15, 0.2) is 41.7 Å². The molecule has 1 aliphatic heterocycles. The fourth-order valence-corrected chi connectivity index (χ4v) is 3.78. The highest BCUT2D eigenvalue weighted by Gasteiger charge is 2.16. The number of aromatic nitrogens is 3. The van der Waals surface area contributed by atoms with Gasteiger partial charge in [0.15, 0.2) is 5.96 Å². The van der Waals surface area contributed by atoms with Gasteiger partial charge in [-0.25, -0.2) is 0 Å². The fourth-order valence-electron chi connectivity index (χ4n) is 3.78. The van der Waals surface area contributed by atoms with Gasteiger partial charge >= 0.3 is 0 Å². The van der Waals surface area contributed by atoms with E-state index in [0.717, 1.165) is 83.5 Å².